The first-order chi connectivity index (χ1) is 27.7. The summed E-state index contributed by atoms with van der Waals surface area (Å²) in [4.78, 5) is 0. The van der Waals surface area contributed by atoms with Crippen LogP contribution in [0.15, 0.2) is 133 Å². The molecule has 2 heterocycles. The van der Waals surface area contributed by atoms with Crippen LogP contribution in [0.4, 0.5) is 0 Å². The van der Waals surface area contributed by atoms with Crippen LogP contribution in [0.2, 0.25) is 0 Å². The first-order valence-electron chi connectivity index (χ1n) is 19.8. The molecular weight excluding hydrogens is 705 g/mol. The van der Waals surface area contributed by atoms with E-state index in [1.807, 2.05) is 55.5 Å². The largest absolute Gasteiger partial charge is 0.505 e. The Morgan fingerprint density at radius 3 is 1.26 bits per heavy atom. The molecule has 6 heteroatoms. The van der Waals surface area contributed by atoms with Crippen LogP contribution < -0.4 is 4.74 Å². The molecule has 0 aliphatic heterocycles. The molecule has 0 saturated heterocycles. The number of aromatic hydroxyl groups is 2. The fraction of sp³-hybridized carbons (Fsp3) is 0.176. The fourth-order valence-corrected chi connectivity index (χ4v) is 8.52. The number of phenols is 2. The van der Waals surface area contributed by atoms with Gasteiger partial charge in [-0.3, -0.25) is 0 Å². The van der Waals surface area contributed by atoms with E-state index in [4.69, 9.17) is 9.47 Å². The molecule has 0 bridgehead atoms. The zero-order valence-electron chi connectivity index (χ0n) is 33.0. The van der Waals surface area contributed by atoms with Gasteiger partial charge in [-0.1, -0.05) is 86.6 Å². The minimum absolute atomic E-state index is 0.132. The van der Waals surface area contributed by atoms with Gasteiger partial charge in [0.15, 0.2) is 0 Å². The number of nitrogens with zero attached hydrogens (tertiary/aromatic N) is 2. The molecule has 9 aromatic rings. The summed E-state index contributed by atoms with van der Waals surface area (Å²) < 4.78 is 16.9. The molecule has 57 heavy (non-hydrogen) atoms. The lowest BCUT2D eigenvalue weighted by Gasteiger charge is -2.23. The van der Waals surface area contributed by atoms with Crippen LogP contribution >= 0.6 is 0 Å². The first-order valence-corrected chi connectivity index (χ1v) is 19.8. The molecule has 0 saturated carbocycles. The van der Waals surface area contributed by atoms with Crippen molar-refractivity contribution in [3.63, 3.8) is 0 Å². The molecule has 6 nitrogen and oxygen atoms in total. The number of ether oxygens (including phenoxy) is 2. The van der Waals surface area contributed by atoms with Gasteiger partial charge in [-0.15, -0.1) is 0 Å². The second-order valence-corrected chi connectivity index (χ2v) is 15.2. The quantitative estimate of drug-likeness (QED) is 0.137. The van der Waals surface area contributed by atoms with Gasteiger partial charge in [0, 0.05) is 50.4 Å². The fourth-order valence-electron chi connectivity index (χ4n) is 8.52. The van der Waals surface area contributed by atoms with E-state index in [9.17, 15) is 10.2 Å². The van der Waals surface area contributed by atoms with Crippen molar-refractivity contribution < 1.29 is 19.7 Å². The van der Waals surface area contributed by atoms with Crippen molar-refractivity contribution in [3.05, 3.63) is 150 Å². The molecule has 0 radical (unpaired) electrons. The molecule has 0 aliphatic rings. The molecule has 0 spiro atoms. The van der Waals surface area contributed by atoms with Gasteiger partial charge in [-0.25, -0.2) is 0 Å². The lowest BCUT2D eigenvalue weighted by atomic mass is 9.88. The Labute approximate surface area is 332 Å². The Balaban J connectivity index is 1.32. The Morgan fingerprint density at radius 2 is 0.895 bits per heavy atom. The average molecular weight is 751 g/mol. The number of hydrogen-bond donors (Lipinski definition) is 2. The van der Waals surface area contributed by atoms with E-state index in [1.165, 1.54) is 0 Å². The molecule has 0 unspecified atom stereocenters. The van der Waals surface area contributed by atoms with Gasteiger partial charge in [0.25, 0.3) is 0 Å². The summed E-state index contributed by atoms with van der Waals surface area (Å²) in [6.07, 6.45) is 0. The molecule has 0 amide bonds. The van der Waals surface area contributed by atoms with Crippen molar-refractivity contribution in [2.45, 2.75) is 40.5 Å². The standard InChI is InChI=1S/C51H46N2O4/c1-6-56-23-24-57-51-41(39-25-32(4)27-47(49(39)54)52-43-19-11-7-15-35(43)36-16-8-12-20-44(36)52)29-34(31(2)3)30-42(51)40-26-33(5)28-48(50(40)55)53-45-21-13-9-17-37(45)38-18-10-14-22-46(38)53/h7-22,25-31,54-55H,6,23-24H2,1-5H3. The van der Waals surface area contributed by atoms with Gasteiger partial charge in [0.2, 0.25) is 0 Å². The van der Waals surface area contributed by atoms with Crippen LogP contribution in [0.25, 0.3) is 77.2 Å². The van der Waals surface area contributed by atoms with E-state index in [2.05, 4.69) is 122 Å². The minimum Gasteiger partial charge on any atom is -0.505 e. The second-order valence-electron chi connectivity index (χ2n) is 15.2. The molecule has 7 aromatic carbocycles. The number of fused-ring (bicyclic) bond motifs is 6. The SMILES string of the molecule is CCOCCOc1c(-c2cc(C)cc(-n3c4ccccc4c4ccccc43)c2O)cc(C(C)C)cc1-c1cc(C)cc(-n2c3ccccc3c3ccccc32)c1O. The highest BCUT2D eigenvalue weighted by atomic mass is 16.5. The molecular formula is C51H46N2O4. The molecule has 9 rings (SSSR count). The number of para-hydroxylation sites is 4. The number of aromatic nitrogens is 2. The third-order valence-corrected chi connectivity index (χ3v) is 11.1. The van der Waals surface area contributed by atoms with Crippen molar-refractivity contribution in [1.29, 1.82) is 0 Å². The predicted octanol–water partition coefficient (Wildman–Crippen LogP) is 12.8. The third-order valence-electron chi connectivity index (χ3n) is 11.1. The number of rotatable bonds is 10. The maximum atomic E-state index is 12.6. The molecule has 0 fully saturated rings. The number of benzene rings is 7. The number of phenolic OH excluding ortho intramolecular Hbond substituents is 2. The van der Waals surface area contributed by atoms with E-state index in [1.54, 1.807) is 0 Å². The minimum atomic E-state index is 0.132. The highest BCUT2D eigenvalue weighted by molar-refractivity contribution is 6.11. The highest BCUT2D eigenvalue weighted by Gasteiger charge is 2.26. The van der Waals surface area contributed by atoms with Gasteiger partial charge in [-0.05, 0) is 104 Å². The first kappa shape index (κ1) is 36.2. The van der Waals surface area contributed by atoms with Crippen LogP contribution in [0.3, 0.4) is 0 Å². The maximum Gasteiger partial charge on any atom is 0.147 e. The van der Waals surface area contributed by atoms with Crippen molar-refractivity contribution in [2.75, 3.05) is 19.8 Å². The monoisotopic (exact) mass is 750 g/mol. The summed E-state index contributed by atoms with van der Waals surface area (Å²) in [5.41, 5.74) is 11.2. The van der Waals surface area contributed by atoms with E-state index >= 15 is 0 Å². The number of hydrogen-bond acceptors (Lipinski definition) is 4. The zero-order valence-corrected chi connectivity index (χ0v) is 33.0. The molecule has 2 N–H and O–H groups in total. The Hall–Kier alpha value is -6.50. The van der Waals surface area contributed by atoms with Crippen LogP contribution in [-0.4, -0.2) is 39.2 Å². The van der Waals surface area contributed by atoms with E-state index < -0.39 is 0 Å². The number of aryl methyl sites for hydroxylation is 2. The van der Waals surface area contributed by atoms with Crippen molar-refractivity contribution in [2.24, 2.45) is 0 Å². The smallest absolute Gasteiger partial charge is 0.147 e. The van der Waals surface area contributed by atoms with Gasteiger partial charge in [0.05, 0.1) is 40.0 Å². The Kier molecular flexibility index (Phi) is 9.22. The topological polar surface area (TPSA) is 68.8 Å². The summed E-state index contributed by atoms with van der Waals surface area (Å²) >= 11 is 0. The van der Waals surface area contributed by atoms with E-state index in [-0.39, 0.29) is 24.0 Å². The molecule has 2 aromatic heterocycles. The van der Waals surface area contributed by atoms with Crippen molar-refractivity contribution >= 4 is 43.6 Å². The normalized spacial score (nSPS) is 11.8. The van der Waals surface area contributed by atoms with Crippen molar-refractivity contribution in [3.8, 4) is 50.9 Å². The van der Waals surface area contributed by atoms with E-state index in [0.29, 0.717) is 41.5 Å². The predicted molar refractivity (Wildman–Crippen MR) is 235 cm³/mol. The average Bonchev–Trinajstić information content (AvgIpc) is 3.74. The lowest BCUT2D eigenvalue weighted by Crippen LogP contribution is -2.09. The van der Waals surface area contributed by atoms with Crippen LogP contribution in [0.1, 0.15) is 43.4 Å². The van der Waals surface area contributed by atoms with Gasteiger partial charge < -0.3 is 28.8 Å². The summed E-state index contributed by atoms with van der Waals surface area (Å²) in [7, 11) is 0. The second kappa shape index (κ2) is 14.5. The van der Waals surface area contributed by atoms with Crippen LogP contribution in [0.5, 0.6) is 17.2 Å². The summed E-state index contributed by atoms with van der Waals surface area (Å²) in [6, 6.07) is 45.7. The summed E-state index contributed by atoms with van der Waals surface area (Å²) in [5, 5.41) is 29.7. The summed E-state index contributed by atoms with van der Waals surface area (Å²) in [5.74, 6) is 0.996. The maximum absolute atomic E-state index is 12.6. The van der Waals surface area contributed by atoms with Crippen molar-refractivity contribution in [1.82, 2.24) is 9.13 Å². The molecule has 284 valence electrons. The molecule has 0 atom stereocenters. The lowest BCUT2D eigenvalue weighted by molar-refractivity contribution is 0.110. The Bertz CT molecular complexity index is 2690. The highest BCUT2D eigenvalue weighted by Crippen LogP contribution is 2.50. The summed E-state index contributed by atoms with van der Waals surface area (Å²) in [6.45, 7) is 11.7. The zero-order chi connectivity index (χ0) is 39.4. The van der Waals surface area contributed by atoms with Crippen LogP contribution in [-0.2, 0) is 4.74 Å². The van der Waals surface area contributed by atoms with Gasteiger partial charge in [0.1, 0.15) is 23.9 Å². The van der Waals surface area contributed by atoms with Gasteiger partial charge >= 0.3 is 0 Å². The van der Waals surface area contributed by atoms with E-state index in [0.717, 1.165) is 71.4 Å². The third kappa shape index (κ3) is 6.08. The van der Waals surface area contributed by atoms with Crippen LogP contribution in [0, 0.1) is 13.8 Å². The molecule has 0 aliphatic carbocycles. The Morgan fingerprint density at radius 1 is 0.509 bits per heavy atom. The van der Waals surface area contributed by atoms with Gasteiger partial charge in [-0.2, -0.15) is 0 Å².